The zero-order valence-corrected chi connectivity index (χ0v) is 20.1. The monoisotopic (exact) mass is 493 g/mol. The Morgan fingerprint density at radius 2 is 1.71 bits per heavy atom. The number of carbonyl (C=O) groups excluding carboxylic acids is 2. The van der Waals surface area contributed by atoms with Gasteiger partial charge in [0.25, 0.3) is 0 Å². The molecule has 0 radical (unpaired) electrons. The highest BCUT2D eigenvalue weighted by atomic mass is 35.5. The Balaban J connectivity index is 1.55. The van der Waals surface area contributed by atoms with Crippen molar-refractivity contribution in [2.45, 2.75) is 18.9 Å². The number of nitrogens with zero attached hydrogens (tertiary/aromatic N) is 2. The summed E-state index contributed by atoms with van der Waals surface area (Å²) in [6.45, 7) is 4.10. The topological polar surface area (TPSA) is 52.7 Å². The van der Waals surface area contributed by atoms with Gasteiger partial charge in [-0.25, -0.2) is 0 Å². The minimum atomic E-state index is -0.574. The fraction of sp³-hybridized carbons (Fsp3) is 0.259. The van der Waals surface area contributed by atoms with E-state index in [9.17, 15) is 9.59 Å². The maximum absolute atomic E-state index is 13.6. The minimum absolute atomic E-state index is 0.0651. The van der Waals surface area contributed by atoms with Crippen LogP contribution >= 0.6 is 23.2 Å². The van der Waals surface area contributed by atoms with Gasteiger partial charge in [-0.1, -0.05) is 53.5 Å². The van der Waals surface area contributed by atoms with Crippen LogP contribution in [-0.2, 0) is 11.3 Å². The number of benzene rings is 3. The van der Waals surface area contributed by atoms with Crippen LogP contribution in [0, 0.1) is 0 Å². The van der Waals surface area contributed by atoms with E-state index >= 15 is 0 Å². The van der Waals surface area contributed by atoms with Crippen molar-refractivity contribution in [1.29, 1.82) is 0 Å². The predicted octanol–water partition coefficient (Wildman–Crippen LogP) is 5.31. The summed E-state index contributed by atoms with van der Waals surface area (Å²) < 4.78 is 0. The van der Waals surface area contributed by atoms with Crippen LogP contribution in [0.5, 0.6) is 0 Å². The number of amides is 1. The SMILES string of the molecule is O=C(c1ccc(Cl)c(Cl)c1)C1CC(=O)N(Cc2ccccc2)c2ccc(N3CCNCC3)cc21. The van der Waals surface area contributed by atoms with Gasteiger partial charge in [-0.15, -0.1) is 0 Å². The molecule has 1 saturated heterocycles. The van der Waals surface area contributed by atoms with E-state index in [0.717, 1.165) is 48.7 Å². The molecule has 2 aliphatic rings. The number of carbonyl (C=O) groups is 2. The molecule has 5 nitrogen and oxygen atoms in total. The maximum atomic E-state index is 13.6. The molecule has 0 aromatic heterocycles. The van der Waals surface area contributed by atoms with Crippen LogP contribution in [0.1, 0.15) is 33.8 Å². The number of Topliss-reactive ketones (excluding diaryl/α,β-unsaturated/α-hetero) is 1. The lowest BCUT2D eigenvalue weighted by Gasteiger charge is -2.36. The van der Waals surface area contributed by atoms with Crippen LogP contribution in [0.3, 0.4) is 0 Å². The average molecular weight is 494 g/mol. The zero-order valence-electron chi connectivity index (χ0n) is 18.6. The molecule has 5 rings (SSSR count). The summed E-state index contributed by atoms with van der Waals surface area (Å²) in [5, 5.41) is 4.10. The summed E-state index contributed by atoms with van der Waals surface area (Å²) in [7, 11) is 0. The molecule has 2 aliphatic heterocycles. The van der Waals surface area contributed by atoms with E-state index < -0.39 is 5.92 Å². The fourth-order valence-corrected chi connectivity index (χ4v) is 5.04. The second kappa shape index (κ2) is 9.79. The van der Waals surface area contributed by atoms with Crippen molar-refractivity contribution >= 4 is 46.3 Å². The van der Waals surface area contributed by atoms with E-state index in [1.165, 1.54) is 0 Å². The highest BCUT2D eigenvalue weighted by Gasteiger charge is 2.36. The third kappa shape index (κ3) is 4.56. The van der Waals surface area contributed by atoms with Gasteiger partial charge in [0.2, 0.25) is 5.91 Å². The molecule has 1 N–H and O–H groups in total. The van der Waals surface area contributed by atoms with E-state index in [0.29, 0.717) is 22.2 Å². The van der Waals surface area contributed by atoms with Crippen molar-refractivity contribution < 1.29 is 9.59 Å². The van der Waals surface area contributed by atoms with Crippen LogP contribution in [0.25, 0.3) is 0 Å². The number of ketones is 1. The Bertz CT molecular complexity index is 1230. The van der Waals surface area contributed by atoms with E-state index in [1.807, 2.05) is 36.4 Å². The normalized spacial score (nSPS) is 18.1. The van der Waals surface area contributed by atoms with Crippen LogP contribution in [0.2, 0.25) is 10.0 Å². The molecule has 174 valence electrons. The molecule has 1 atom stereocenters. The first-order valence-electron chi connectivity index (χ1n) is 11.4. The van der Waals surface area contributed by atoms with Gasteiger partial charge in [-0.2, -0.15) is 0 Å². The van der Waals surface area contributed by atoms with Gasteiger partial charge in [0.15, 0.2) is 5.78 Å². The van der Waals surface area contributed by atoms with Crippen LogP contribution < -0.4 is 15.1 Å². The Kier molecular flexibility index (Phi) is 6.59. The average Bonchev–Trinajstić information content (AvgIpc) is 2.87. The number of halogens is 2. The van der Waals surface area contributed by atoms with Gasteiger partial charge in [0.1, 0.15) is 0 Å². The molecule has 3 aromatic rings. The Morgan fingerprint density at radius 3 is 2.44 bits per heavy atom. The highest BCUT2D eigenvalue weighted by Crippen LogP contribution is 2.41. The number of nitrogens with one attached hydrogen (secondary N) is 1. The number of anilines is 2. The van der Waals surface area contributed by atoms with E-state index in [1.54, 1.807) is 23.1 Å². The zero-order chi connectivity index (χ0) is 23.7. The molecule has 1 unspecified atom stereocenters. The molecular weight excluding hydrogens is 469 g/mol. The first kappa shape index (κ1) is 22.9. The number of hydrogen-bond donors (Lipinski definition) is 1. The first-order valence-corrected chi connectivity index (χ1v) is 12.2. The summed E-state index contributed by atoms with van der Waals surface area (Å²) in [4.78, 5) is 31.1. The summed E-state index contributed by atoms with van der Waals surface area (Å²) >= 11 is 12.3. The van der Waals surface area contributed by atoms with Gasteiger partial charge in [-0.3, -0.25) is 9.59 Å². The van der Waals surface area contributed by atoms with Crippen molar-refractivity contribution in [2.75, 3.05) is 36.0 Å². The van der Waals surface area contributed by atoms with Gasteiger partial charge in [0.05, 0.1) is 22.5 Å². The van der Waals surface area contributed by atoms with Crippen molar-refractivity contribution in [3.05, 3.63) is 93.5 Å². The quantitative estimate of drug-likeness (QED) is 0.489. The summed E-state index contributed by atoms with van der Waals surface area (Å²) in [5.41, 5.74) is 4.24. The minimum Gasteiger partial charge on any atom is -0.369 e. The van der Waals surface area contributed by atoms with E-state index in [2.05, 4.69) is 22.3 Å². The standard InChI is InChI=1S/C27H25Cl2N3O2/c28-23-8-6-19(14-24(23)29)27(34)22-16-26(33)32(17-18-4-2-1-3-5-18)25-9-7-20(15-21(22)25)31-12-10-30-11-13-31/h1-9,14-15,22,30H,10-13,16-17H2. The highest BCUT2D eigenvalue weighted by molar-refractivity contribution is 6.42. The molecule has 7 heteroatoms. The van der Waals surface area contributed by atoms with Crippen molar-refractivity contribution in [1.82, 2.24) is 5.32 Å². The van der Waals surface area contributed by atoms with Crippen LogP contribution in [0.4, 0.5) is 11.4 Å². The molecule has 0 bridgehead atoms. The third-order valence-electron chi connectivity index (χ3n) is 6.54. The van der Waals surface area contributed by atoms with Gasteiger partial charge in [0, 0.05) is 49.5 Å². The maximum Gasteiger partial charge on any atom is 0.228 e. The molecular formula is C27H25Cl2N3O2. The molecule has 2 heterocycles. The second-order valence-electron chi connectivity index (χ2n) is 8.70. The summed E-state index contributed by atoms with van der Waals surface area (Å²) in [6, 6.07) is 20.9. The predicted molar refractivity (Wildman–Crippen MR) is 137 cm³/mol. The van der Waals surface area contributed by atoms with Crippen molar-refractivity contribution in [2.24, 2.45) is 0 Å². The van der Waals surface area contributed by atoms with E-state index in [4.69, 9.17) is 23.2 Å². The van der Waals surface area contributed by atoms with Crippen molar-refractivity contribution in [3.63, 3.8) is 0 Å². The molecule has 0 saturated carbocycles. The van der Waals surface area contributed by atoms with Gasteiger partial charge >= 0.3 is 0 Å². The Labute approximate surface area is 209 Å². The van der Waals surface area contributed by atoms with Crippen molar-refractivity contribution in [3.8, 4) is 0 Å². The second-order valence-corrected chi connectivity index (χ2v) is 9.51. The molecule has 34 heavy (non-hydrogen) atoms. The number of piperazine rings is 1. The summed E-state index contributed by atoms with van der Waals surface area (Å²) in [5.74, 6) is -0.760. The lowest BCUT2D eigenvalue weighted by atomic mass is 9.83. The molecule has 0 aliphatic carbocycles. The first-order chi connectivity index (χ1) is 16.5. The number of rotatable bonds is 5. The molecule has 1 amide bonds. The van der Waals surface area contributed by atoms with Gasteiger partial charge < -0.3 is 15.1 Å². The fourth-order valence-electron chi connectivity index (χ4n) is 4.74. The third-order valence-corrected chi connectivity index (χ3v) is 7.28. The Morgan fingerprint density at radius 1 is 0.941 bits per heavy atom. The smallest absolute Gasteiger partial charge is 0.228 e. The van der Waals surface area contributed by atoms with Crippen LogP contribution in [0.15, 0.2) is 66.7 Å². The van der Waals surface area contributed by atoms with E-state index in [-0.39, 0.29) is 18.1 Å². The molecule has 0 spiro atoms. The molecule has 1 fully saturated rings. The Hall–Kier alpha value is -2.86. The number of hydrogen-bond acceptors (Lipinski definition) is 4. The van der Waals surface area contributed by atoms with Crippen LogP contribution in [-0.4, -0.2) is 37.9 Å². The summed E-state index contributed by atoms with van der Waals surface area (Å²) in [6.07, 6.45) is 0.115. The lowest BCUT2D eigenvalue weighted by Crippen LogP contribution is -2.44. The van der Waals surface area contributed by atoms with Gasteiger partial charge in [-0.05, 0) is 47.5 Å². The largest absolute Gasteiger partial charge is 0.369 e. The number of fused-ring (bicyclic) bond motifs is 1. The lowest BCUT2D eigenvalue weighted by molar-refractivity contribution is -0.119. The molecule has 3 aromatic carbocycles.